The van der Waals surface area contributed by atoms with Crippen molar-refractivity contribution in [3.63, 3.8) is 0 Å². The number of halogens is 2. The van der Waals surface area contributed by atoms with Crippen molar-refractivity contribution in [2.24, 2.45) is 0 Å². The third-order valence-electron chi connectivity index (χ3n) is 2.53. The average Bonchev–Trinajstić information content (AvgIpc) is 2.23. The first-order valence-electron chi connectivity index (χ1n) is 4.89. The van der Waals surface area contributed by atoms with Gasteiger partial charge in [-0.2, -0.15) is 0 Å². The number of rotatable bonds is 4. The molecular formula is C12H14F2O2. The van der Waals surface area contributed by atoms with E-state index < -0.39 is 17.2 Å². The summed E-state index contributed by atoms with van der Waals surface area (Å²) in [7, 11) is 1.43. The van der Waals surface area contributed by atoms with Gasteiger partial charge in [0.1, 0.15) is 5.60 Å². The number of hydrogen-bond acceptors (Lipinski definition) is 2. The van der Waals surface area contributed by atoms with Crippen LogP contribution in [0.15, 0.2) is 18.2 Å². The lowest BCUT2D eigenvalue weighted by Gasteiger charge is -2.21. The molecule has 1 aromatic rings. The normalized spacial score (nSPS) is 11.6. The minimum absolute atomic E-state index is 0.0258. The molecule has 88 valence electrons. The van der Waals surface area contributed by atoms with Gasteiger partial charge in [0.25, 0.3) is 0 Å². The van der Waals surface area contributed by atoms with E-state index in [-0.39, 0.29) is 12.2 Å². The fraction of sp³-hybridized carbons (Fsp3) is 0.417. The van der Waals surface area contributed by atoms with Gasteiger partial charge in [-0.05, 0) is 31.5 Å². The monoisotopic (exact) mass is 228 g/mol. The Bertz CT molecular complexity index is 400. The standard InChI is InChI=1S/C12H14F2O2/c1-12(2,16-3)11(15)7-8-4-5-9(13)10(14)6-8/h4-6H,7H2,1-3H3. The SMILES string of the molecule is COC(C)(C)C(=O)Cc1ccc(F)c(F)c1. The lowest BCUT2D eigenvalue weighted by atomic mass is 9.97. The number of hydrogen-bond donors (Lipinski definition) is 0. The molecule has 0 saturated heterocycles. The smallest absolute Gasteiger partial charge is 0.168 e. The molecule has 1 rings (SSSR count). The fourth-order valence-corrected chi connectivity index (χ4v) is 1.16. The lowest BCUT2D eigenvalue weighted by molar-refractivity contribution is -0.136. The van der Waals surface area contributed by atoms with Crippen LogP contribution in [-0.4, -0.2) is 18.5 Å². The molecule has 0 spiro atoms. The minimum Gasteiger partial charge on any atom is -0.371 e. The maximum Gasteiger partial charge on any atom is 0.168 e. The van der Waals surface area contributed by atoms with Gasteiger partial charge in [0.05, 0.1) is 0 Å². The first-order valence-corrected chi connectivity index (χ1v) is 4.89. The Hall–Kier alpha value is -1.29. The second-order valence-electron chi connectivity index (χ2n) is 4.06. The molecule has 16 heavy (non-hydrogen) atoms. The summed E-state index contributed by atoms with van der Waals surface area (Å²) >= 11 is 0. The van der Waals surface area contributed by atoms with E-state index in [1.807, 2.05) is 0 Å². The Morgan fingerprint density at radius 3 is 2.44 bits per heavy atom. The molecule has 0 aliphatic heterocycles. The van der Waals surface area contributed by atoms with Crippen LogP contribution < -0.4 is 0 Å². The second-order valence-corrected chi connectivity index (χ2v) is 4.06. The van der Waals surface area contributed by atoms with Crippen LogP contribution in [0.25, 0.3) is 0 Å². The van der Waals surface area contributed by atoms with E-state index in [0.717, 1.165) is 12.1 Å². The molecule has 0 aliphatic rings. The Kier molecular flexibility index (Phi) is 3.75. The molecule has 0 saturated carbocycles. The average molecular weight is 228 g/mol. The van der Waals surface area contributed by atoms with E-state index in [2.05, 4.69) is 0 Å². The number of carbonyl (C=O) groups excluding carboxylic acids is 1. The van der Waals surface area contributed by atoms with Gasteiger partial charge in [0, 0.05) is 13.5 Å². The molecule has 0 amide bonds. The quantitative estimate of drug-likeness (QED) is 0.791. The molecule has 1 aromatic carbocycles. The van der Waals surface area contributed by atoms with Crippen molar-refractivity contribution in [1.82, 2.24) is 0 Å². The number of methoxy groups -OCH3 is 1. The maximum absolute atomic E-state index is 12.9. The third-order valence-corrected chi connectivity index (χ3v) is 2.53. The summed E-state index contributed by atoms with van der Waals surface area (Å²) in [5.41, 5.74) is -0.473. The van der Waals surface area contributed by atoms with Gasteiger partial charge in [-0.3, -0.25) is 4.79 Å². The van der Waals surface area contributed by atoms with Crippen LogP contribution in [-0.2, 0) is 16.0 Å². The number of Topliss-reactive ketones (excluding diaryl/α,β-unsaturated/α-hetero) is 1. The summed E-state index contributed by atoms with van der Waals surface area (Å²) in [5.74, 6) is -2.04. The Balaban J connectivity index is 2.82. The highest BCUT2D eigenvalue weighted by Gasteiger charge is 2.26. The van der Waals surface area contributed by atoms with Gasteiger partial charge in [-0.25, -0.2) is 8.78 Å². The first-order chi connectivity index (χ1) is 7.36. The summed E-state index contributed by atoms with van der Waals surface area (Å²) in [6.45, 7) is 3.27. The Labute approximate surface area is 93.2 Å². The summed E-state index contributed by atoms with van der Waals surface area (Å²) < 4.78 is 30.6. The largest absolute Gasteiger partial charge is 0.371 e. The van der Waals surface area contributed by atoms with Crippen molar-refractivity contribution >= 4 is 5.78 Å². The predicted molar refractivity (Wildman–Crippen MR) is 56.2 cm³/mol. The van der Waals surface area contributed by atoms with Crippen molar-refractivity contribution in [3.05, 3.63) is 35.4 Å². The molecule has 0 atom stereocenters. The predicted octanol–water partition coefficient (Wildman–Crippen LogP) is 2.50. The molecule has 0 N–H and O–H groups in total. The molecule has 0 bridgehead atoms. The summed E-state index contributed by atoms with van der Waals surface area (Å²) in [4.78, 5) is 11.7. The van der Waals surface area contributed by atoms with Crippen LogP contribution in [0.5, 0.6) is 0 Å². The molecule has 0 aliphatic carbocycles. The number of ether oxygens (including phenoxy) is 1. The Morgan fingerprint density at radius 2 is 1.94 bits per heavy atom. The van der Waals surface area contributed by atoms with E-state index in [0.29, 0.717) is 5.56 Å². The zero-order chi connectivity index (χ0) is 12.3. The zero-order valence-electron chi connectivity index (χ0n) is 9.51. The lowest BCUT2D eigenvalue weighted by Crippen LogP contribution is -2.35. The van der Waals surface area contributed by atoms with Crippen molar-refractivity contribution in [2.75, 3.05) is 7.11 Å². The van der Waals surface area contributed by atoms with Crippen molar-refractivity contribution in [1.29, 1.82) is 0 Å². The van der Waals surface area contributed by atoms with E-state index in [9.17, 15) is 13.6 Å². The molecule has 0 fully saturated rings. The topological polar surface area (TPSA) is 26.3 Å². The van der Waals surface area contributed by atoms with Crippen LogP contribution >= 0.6 is 0 Å². The highest BCUT2D eigenvalue weighted by Crippen LogP contribution is 2.15. The van der Waals surface area contributed by atoms with Gasteiger partial charge in [-0.1, -0.05) is 6.07 Å². The van der Waals surface area contributed by atoms with Crippen LogP contribution in [0.3, 0.4) is 0 Å². The number of ketones is 1. The van der Waals surface area contributed by atoms with E-state index in [4.69, 9.17) is 4.74 Å². The van der Waals surface area contributed by atoms with Crippen molar-refractivity contribution < 1.29 is 18.3 Å². The molecule has 0 aromatic heterocycles. The Morgan fingerprint density at radius 1 is 1.31 bits per heavy atom. The fourth-order valence-electron chi connectivity index (χ4n) is 1.16. The zero-order valence-corrected chi connectivity index (χ0v) is 9.51. The maximum atomic E-state index is 12.9. The van der Waals surface area contributed by atoms with Crippen LogP contribution in [0.2, 0.25) is 0 Å². The molecule has 0 radical (unpaired) electrons. The van der Waals surface area contributed by atoms with Crippen molar-refractivity contribution in [3.8, 4) is 0 Å². The van der Waals surface area contributed by atoms with E-state index in [1.54, 1.807) is 13.8 Å². The molecule has 0 heterocycles. The van der Waals surface area contributed by atoms with Gasteiger partial charge >= 0.3 is 0 Å². The van der Waals surface area contributed by atoms with Gasteiger partial charge < -0.3 is 4.74 Å². The van der Waals surface area contributed by atoms with Gasteiger partial charge in [0.2, 0.25) is 0 Å². The van der Waals surface area contributed by atoms with E-state index >= 15 is 0 Å². The third kappa shape index (κ3) is 2.85. The number of benzene rings is 1. The minimum atomic E-state index is -0.944. The van der Waals surface area contributed by atoms with Gasteiger partial charge in [-0.15, -0.1) is 0 Å². The van der Waals surface area contributed by atoms with Crippen LogP contribution in [0, 0.1) is 11.6 Å². The summed E-state index contributed by atoms with van der Waals surface area (Å²) in [5, 5.41) is 0. The molecular weight excluding hydrogens is 214 g/mol. The highest BCUT2D eigenvalue weighted by atomic mass is 19.2. The van der Waals surface area contributed by atoms with E-state index in [1.165, 1.54) is 13.2 Å². The molecule has 4 heteroatoms. The first kappa shape index (κ1) is 12.8. The summed E-state index contributed by atoms with van der Waals surface area (Å²) in [6.07, 6.45) is 0.0258. The summed E-state index contributed by atoms with van der Waals surface area (Å²) in [6, 6.07) is 3.43. The number of carbonyl (C=O) groups is 1. The van der Waals surface area contributed by atoms with Crippen molar-refractivity contribution in [2.45, 2.75) is 25.9 Å². The van der Waals surface area contributed by atoms with Crippen LogP contribution in [0.1, 0.15) is 19.4 Å². The van der Waals surface area contributed by atoms with Gasteiger partial charge in [0.15, 0.2) is 17.4 Å². The molecule has 2 nitrogen and oxygen atoms in total. The highest BCUT2D eigenvalue weighted by molar-refractivity contribution is 5.88. The molecule has 0 unspecified atom stereocenters. The second kappa shape index (κ2) is 4.70. The van der Waals surface area contributed by atoms with Crippen LogP contribution in [0.4, 0.5) is 8.78 Å².